The van der Waals surface area contributed by atoms with Gasteiger partial charge in [0.1, 0.15) is 18.8 Å². The highest BCUT2D eigenvalue weighted by atomic mass is 31.2. The first-order valence-electron chi connectivity index (χ1n) is 6.43. The van der Waals surface area contributed by atoms with Crippen LogP contribution in [0.4, 0.5) is 0 Å². The van der Waals surface area contributed by atoms with E-state index in [4.69, 9.17) is 20.3 Å². The summed E-state index contributed by atoms with van der Waals surface area (Å²) in [7, 11) is -4.70. The lowest BCUT2D eigenvalue weighted by molar-refractivity contribution is -0.898. The molecule has 0 bridgehead atoms. The van der Waals surface area contributed by atoms with Crippen LogP contribution in [-0.4, -0.2) is 63.6 Å². The molecule has 2 heterocycles. The number of amides is 1. The molecule has 7 N–H and O–H groups in total. The van der Waals surface area contributed by atoms with Crippen molar-refractivity contribution < 1.29 is 43.5 Å². The molecule has 2 aliphatic rings. The van der Waals surface area contributed by atoms with Crippen LogP contribution in [0, 0.1) is 0 Å². The van der Waals surface area contributed by atoms with Gasteiger partial charge < -0.3 is 30.5 Å². The molecule has 0 radical (unpaired) electrons. The Kier molecular flexibility index (Phi) is 5.15. The topological polar surface area (TPSA) is 164 Å². The minimum Gasteiger partial charge on any atom is -0.387 e. The predicted octanol–water partition coefficient (Wildman–Crippen LogP) is -3.63. The van der Waals surface area contributed by atoms with E-state index in [9.17, 15) is 19.6 Å². The first-order chi connectivity index (χ1) is 10.2. The average Bonchev–Trinajstić information content (AvgIpc) is 2.72. The quantitative estimate of drug-likeness (QED) is 0.280. The number of nitrogens with two attached hydrogens (primary N) is 1. The van der Waals surface area contributed by atoms with E-state index >= 15 is 0 Å². The number of allylic oxidation sites excluding steroid dienone is 2. The number of quaternary nitrogens is 1. The number of carbonyl (C=O) groups excluding carboxylic acids is 1. The highest BCUT2D eigenvalue weighted by Gasteiger charge is 2.49. The summed E-state index contributed by atoms with van der Waals surface area (Å²) < 4.78 is 20.4. The van der Waals surface area contributed by atoms with Crippen molar-refractivity contribution in [2.45, 2.75) is 24.5 Å². The van der Waals surface area contributed by atoms with Crippen LogP contribution >= 0.6 is 7.82 Å². The molecule has 2 aliphatic heterocycles. The molecule has 0 aromatic carbocycles. The zero-order chi connectivity index (χ0) is 16.5. The molecular weight excluding hydrogens is 319 g/mol. The predicted molar refractivity (Wildman–Crippen MR) is 70.9 cm³/mol. The van der Waals surface area contributed by atoms with Crippen molar-refractivity contribution in [2.24, 2.45) is 5.73 Å². The van der Waals surface area contributed by atoms with Gasteiger partial charge in [0.15, 0.2) is 6.10 Å². The molecule has 11 heteroatoms. The molecule has 0 saturated carbocycles. The Balaban J connectivity index is 2.01. The molecule has 0 aliphatic carbocycles. The van der Waals surface area contributed by atoms with Crippen LogP contribution < -0.4 is 10.6 Å². The van der Waals surface area contributed by atoms with Crippen LogP contribution in [0.25, 0.3) is 0 Å². The summed E-state index contributed by atoms with van der Waals surface area (Å²) in [6, 6.07) is 0. The number of hydrogen-bond acceptors (Lipinski definition) is 6. The first kappa shape index (κ1) is 17.3. The van der Waals surface area contributed by atoms with Gasteiger partial charge in [-0.25, -0.2) is 4.57 Å². The van der Waals surface area contributed by atoms with E-state index in [2.05, 4.69) is 4.52 Å². The molecular formula is C11H18N2O8P+. The summed E-state index contributed by atoms with van der Waals surface area (Å²) in [5, 5.41) is 19.9. The Morgan fingerprint density at radius 3 is 2.73 bits per heavy atom. The van der Waals surface area contributed by atoms with Crippen molar-refractivity contribution in [2.75, 3.05) is 13.2 Å². The minimum absolute atomic E-state index is 0.159. The number of aliphatic hydroxyl groups excluding tert-OH is 2. The fourth-order valence-corrected chi connectivity index (χ4v) is 2.69. The lowest BCUT2D eigenvalue weighted by Crippen LogP contribution is -3.13. The third-order valence-electron chi connectivity index (χ3n) is 3.45. The summed E-state index contributed by atoms with van der Waals surface area (Å²) in [5.41, 5.74) is 5.53. The van der Waals surface area contributed by atoms with Crippen LogP contribution in [0.3, 0.4) is 0 Å². The maximum absolute atomic E-state index is 11.2. The molecule has 1 fully saturated rings. The average molecular weight is 337 g/mol. The molecule has 22 heavy (non-hydrogen) atoms. The van der Waals surface area contributed by atoms with E-state index in [1.807, 2.05) is 0 Å². The standard InChI is InChI=1S/C11H17N2O8P/c12-10(16)6-2-1-3-13(4-6)11-9(15)8(14)7(21-11)5-20-22(17,18)19/h1-3,7-9,11,14-15H,4-5H2,(H2,12,16)(H2,17,18,19)/p+1. The van der Waals surface area contributed by atoms with Crippen molar-refractivity contribution in [3.05, 3.63) is 23.9 Å². The largest absolute Gasteiger partial charge is 0.469 e. The van der Waals surface area contributed by atoms with E-state index in [0.717, 1.165) is 0 Å². The van der Waals surface area contributed by atoms with Crippen LogP contribution in [0.5, 0.6) is 0 Å². The number of primary amides is 1. The first-order valence-corrected chi connectivity index (χ1v) is 7.96. The van der Waals surface area contributed by atoms with E-state index in [1.54, 1.807) is 12.3 Å². The van der Waals surface area contributed by atoms with Crippen LogP contribution in [0.15, 0.2) is 23.9 Å². The molecule has 10 nitrogen and oxygen atoms in total. The highest BCUT2D eigenvalue weighted by molar-refractivity contribution is 7.46. The summed E-state index contributed by atoms with van der Waals surface area (Å²) in [6.45, 7) is -0.416. The van der Waals surface area contributed by atoms with Crippen molar-refractivity contribution in [1.82, 2.24) is 0 Å². The van der Waals surface area contributed by atoms with Crippen LogP contribution in [-0.2, 0) is 18.6 Å². The van der Waals surface area contributed by atoms with Gasteiger partial charge in [-0.1, -0.05) is 0 Å². The van der Waals surface area contributed by atoms with Crippen molar-refractivity contribution in [3.63, 3.8) is 0 Å². The summed E-state index contributed by atoms with van der Waals surface area (Å²) in [5.74, 6) is -0.601. The number of nitrogens with one attached hydrogen (secondary N) is 1. The summed E-state index contributed by atoms with van der Waals surface area (Å²) in [6.07, 6.45) is 0.0340. The molecule has 1 amide bonds. The SMILES string of the molecule is NC(=O)C1=CC=C[NH+](C2OC(COP(=O)(O)O)C(O)C2O)C1. The molecule has 0 spiro atoms. The summed E-state index contributed by atoms with van der Waals surface area (Å²) in [4.78, 5) is 29.0. The zero-order valence-electron chi connectivity index (χ0n) is 11.4. The van der Waals surface area contributed by atoms with Gasteiger partial charge in [-0.15, -0.1) is 0 Å². The van der Waals surface area contributed by atoms with Gasteiger partial charge in [-0.05, 0) is 12.2 Å². The number of hydrogen-bond donors (Lipinski definition) is 6. The van der Waals surface area contributed by atoms with Crippen molar-refractivity contribution in [1.29, 1.82) is 0 Å². The monoisotopic (exact) mass is 337 g/mol. The second-order valence-corrected chi connectivity index (χ2v) is 6.27. The molecule has 0 aromatic rings. The second kappa shape index (κ2) is 6.57. The van der Waals surface area contributed by atoms with Gasteiger partial charge in [0.2, 0.25) is 12.1 Å². The maximum atomic E-state index is 11.2. The Labute approximate surface area is 125 Å². The number of phosphoric ester groups is 1. The summed E-state index contributed by atoms with van der Waals surface area (Å²) >= 11 is 0. The fraction of sp³-hybridized carbons (Fsp3) is 0.545. The fourth-order valence-electron chi connectivity index (χ4n) is 2.35. The number of phosphoric acid groups is 1. The van der Waals surface area contributed by atoms with Gasteiger partial charge in [-0.2, -0.15) is 0 Å². The third kappa shape index (κ3) is 4.00. The van der Waals surface area contributed by atoms with Gasteiger partial charge in [0.25, 0.3) is 0 Å². The zero-order valence-corrected chi connectivity index (χ0v) is 12.3. The van der Waals surface area contributed by atoms with E-state index in [0.29, 0.717) is 10.5 Å². The number of carbonyl (C=O) groups is 1. The lowest BCUT2D eigenvalue weighted by Gasteiger charge is -2.25. The van der Waals surface area contributed by atoms with Crippen molar-refractivity contribution >= 4 is 13.7 Å². The molecule has 124 valence electrons. The van der Waals surface area contributed by atoms with E-state index in [1.165, 1.54) is 6.08 Å². The Hall–Kier alpha value is -1.10. The normalized spacial score (nSPS) is 35.5. The van der Waals surface area contributed by atoms with Gasteiger partial charge in [-0.3, -0.25) is 14.2 Å². The highest BCUT2D eigenvalue weighted by Crippen LogP contribution is 2.36. The Morgan fingerprint density at radius 2 is 2.14 bits per heavy atom. The van der Waals surface area contributed by atoms with Crippen LogP contribution in [0.1, 0.15) is 0 Å². The maximum Gasteiger partial charge on any atom is 0.469 e. The molecule has 2 rings (SSSR count). The molecule has 5 unspecified atom stereocenters. The second-order valence-electron chi connectivity index (χ2n) is 5.03. The lowest BCUT2D eigenvalue weighted by atomic mass is 10.1. The van der Waals surface area contributed by atoms with Crippen molar-refractivity contribution in [3.8, 4) is 0 Å². The van der Waals surface area contributed by atoms with E-state index < -0.39 is 44.9 Å². The van der Waals surface area contributed by atoms with Crippen LogP contribution in [0.2, 0.25) is 0 Å². The molecule has 1 saturated heterocycles. The van der Waals surface area contributed by atoms with Gasteiger partial charge >= 0.3 is 7.82 Å². The number of aliphatic hydroxyl groups is 2. The molecule has 0 aromatic heterocycles. The minimum atomic E-state index is -4.70. The van der Waals surface area contributed by atoms with E-state index in [-0.39, 0.29) is 6.54 Å². The third-order valence-corrected chi connectivity index (χ3v) is 3.94. The van der Waals surface area contributed by atoms with Gasteiger partial charge in [0, 0.05) is 0 Å². The molecule has 5 atom stereocenters. The number of rotatable bonds is 5. The smallest absolute Gasteiger partial charge is 0.387 e. The number of ether oxygens (including phenoxy) is 1. The van der Waals surface area contributed by atoms with Gasteiger partial charge in [0.05, 0.1) is 18.4 Å². The Morgan fingerprint density at radius 1 is 1.45 bits per heavy atom. The Bertz CT molecular complexity index is 544.